The summed E-state index contributed by atoms with van der Waals surface area (Å²) >= 11 is 0. The number of nitrogens with one attached hydrogen (secondary N) is 1. The molecule has 0 aromatic heterocycles. The molecule has 0 aromatic carbocycles. The summed E-state index contributed by atoms with van der Waals surface area (Å²) in [6.07, 6.45) is 13.9. The van der Waals surface area contributed by atoms with Crippen molar-refractivity contribution < 1.29 is 44.6 Å². The van der Waals surface area contributed by atoms with Crippen molar-refractivity contribution in [1.29, 1.82) is 0 Å². The summed E-state index contributed by atoms with van der Waals surface area (Å²) in [5.74, 6) is -2.22. The van der Waals surface area contributed by atoms with E-state index in [4.69, 9.17) is 4.74 Å². The van der Waals surface area contributed by atoms with Crippen LogP contribution in [0.3, 0.4) is 0 Å². The maximum atomic E-state index is 12.5. The average Bonchev–Trinajstić information content (AvgIpc) is 3.27. The number of alkyl halides is 3. The second kappa shape index (κ2) is 13.4. The Bertz CT molecular complexity index is 553. The molecule has 0 saturated heterocycles. The van der Waals surface area contributed by atoms with Crippen molar-refractivity contribution in [2.45, 2.75) is 51.9 Å². The van der Waals surface area contributed by atoms with Gasteiger partial charge in [-0.1, -0.05) is 11.6 Å². The van der Waals surface area contributed by atoms with E-state index in [1.807, 2.05) is 57.8 Å². The molecule has 0 heterocycles. The van der Waals surface area contributed by atoms with Gasteiger partial charge in [-0.05, 0) is 91.9 Å². The molecule has 2 saturated carbocycles. The molecule has 0 bridgehead atoms. The maximum absolute atomic E-state index is 12.5. The predicted molar refractivity (Wildman–Crippen MR) is 104 cm³/mol. The van der Waals surface area contributed by atoms with Gasteiger partial charge in [-0.2, -0.15) is 13.2 Å². The Labute approximate surface area is 189 Å². The Kier molecular flexibility index (Phi) is 13.0. The number of amides is 1. The Balaban J connectivity index is 0.00000122. The number of carbonyl (C=O) groups excluding carboxylic acids is 2. The molecular weight excluding hydrogens is 439 g/mol. The van der Waals surface area contributed by atoms with Gasteiger partial charge in [0.15, 0.2) is 0 Å². The number of carbonyl (C=O) groups is 2. The molecule has 10 radical (unpaired) electrons. The van der Waals surface area contributed by atoms with E-state index in [0.29, 0.717) is 5.57 Å². The van der Waals surface area contributed by atoms with E-state index in [1.165, 1.54) is 0 Å². The number of allylic oxidation sites excluding steroid dienone is 1. The minimum absolute atomic E-state index is 0. The molecule has 164 valence electrons. The van der Waals surface area contributed by atoms with Gasteiger partial charge < -0.3 is 10.1 Å². The first kappa shape index (κ1) is 29.0. The third kappa shape index (κ3) is 12.6. The van der Waals surface area contributed by atoms with E-state index in [9.17, 15) is 22.8 Å². The van der Waals surface area contributed by atoms with E-state index in [2.05, 4.69) is 0 Å². The van der Waals surface area contributed by atoms with E-state index < -0.39 is 29.7 Å². The molecule has 8 heteroatoms. The van der Waals surface area contributed by atoms with Gasteiger partial charge in [0.05, 0.1) is 0 Å². The topological polar surface area (TPSA) is 55.4 Å². The fourth-order valence-corrected chi connectivity index (χ4v) is 2.28. The number of halogens is 3. The molecule has 0 aromatic rings. The van der Waals surface area contributed by atoms with Gasteiger partial charge in [0.25, 0.3) is 0 Å². The number of hydrogen-bond acceptors (Lipinski definition) is 3. The molecule has 2 aliphatic rings. The molecule has 2 fully saturated rings. The standard InChI is InChI=1S/C17H21F3NO3.C5H5.Fe/c1-11(9-12-7-5-6-8-12)10-13(14(22)24-16(2,3)4)21-15(23)17(18,19)20;1-2-4-5-3-1;/h5-9,13H,10H2,1-4H3,(H,21,23);1-5H;/q;;+2/b11-9+;;. The van der Waals surface area contributed by atoms with E-state index in [0.717, 1.165) is 5.92 Å². The fourth-order valence-electron chi connectivity index (χ4n) is 2.28. The van der Waals surface area contributed by atoms with E-state index in [1.54, 1.807) is 39.1 Å². The number of rotatable bonds is 5. The minimum Gasteiger partial charge on any atom is -0.458 e. The van der Waals surface area contributed by atoms with Crippen LogP contribution in [0.4, 0.5) is 13.2 Å². The Morgan fingerprint density at radius 3 is 1.87 bits per heavy atom. The van der Waals surface area contributed by atoms with Gasteiger partial charge in [0, 0.05) is 5.92 Å². The summed E-state index contributed by atoms with van der Waals surface area (Å²) in [7, 11) is 0. The first-order valence-corrected chi connectivity index (χ1v) is 9.04. The zero-order valence-corrected chi connectivity index (χ0v) is 18.4. The maximum Gasteiger partial charge on any atom is 2.00 e. The number of esters is 1. The quantitative estimate of drug-likeness (QED) is 0.491. The average molecular weight is 465 g/mol. The summed E-state index contributed by atoms with van der Waals surface area (Å²) < 4.78 is 42.5. The molecule has 2 rings (SSSR count). The predicted octanol–water partition coefficient (Wildman–Crippen LogP) is 4.14. The van der Waals surface area contributed by atoms with Crippen LogP contribution in [0.2, 0.25) is 0 Å². The van der Waals surface area contributed by atoms with Crippen LogP contribution >= 0.6 is 0 Å². The number of ether oxygens (including phenoxy) is 1. The van der Waals surface area contributed by atoms with E-state index in [-0.39, 0.29) is 23.5 Å². The van der Waals surface area contributed by atoms with Crippen molar-refractivity contribution in [3.8, 4) is 0 Å². The van der Waals surface area contributed by atoms with Gasteiger partial charge in [-0.3, -0.25) is 4.79 Å². The van der Waals surface area contributed by atoms with Crippen LogP contribution in [0.1, 0.15) is 34.1 Å². The molecule has 1 atom stereocenters. The smallest absolute Gasteiger partial charge is 0.458 e. The molecule has 2 aliphatic carbocycles. The SMILES string of the molecule is C/C(=C\[C]1[CH][CH][CH][CH]1)CC(NC(=O)C(F)(F)F)C(=O)OC(C)(C)C.[CH]1[CH][CH][CH][CH]1.[Fe+2]. The second-order valence-corrected chi connectivity index (χ2v) is 7.43. The summed E-state index contributed by atoms with van der Waals surface area (Å²) in [5, 5.41) is 1.71. The van der Waals surface area contributed by atoms with Crippen molar-refractivity contribution in [1.82, 2.24) is 5.32 Å². The molecular formula is C22H26F3FeNO3+2. The van der Waals surface area contributed by atoms with Crippen molar-refractivity contribution in [3.05, 3.63) is 75.4 Å². The number of hydrogen-bond donors (Lipinski definition) is 1. The molecule has 0 aliphatic heterocycles. The van der Waals surface area contributed by atoms with Gasteiger partial charge in [0.1, 0.15) is 11.6 Å². The third-order valence-electron chi connectivity index (χ3n) is 3.44. The van der Waals surface area contributed by atoms with Crippen molar-refractivity contribution >= 4 is 11.9 Å². The summed E-state index contributed by atoms with van der Waals surface area (Å²) in [6, 6.07) is -1.41. The van der Waals surface area contributed by atoms with Crippen LogP contribution in [-0.2, 0) is 31.4 Å². The van der Waals surface area contributed by atoms with Crippen LogP contribution in [0.5, 0.6) is 0 Å². The second-order valence-electron chi connectivity index (χ2n) is 7.43. The molecule has 4 nitrogen and oxygen atoms in total. The van der Waals surface area contributed by atoms with Gasteiger partial charge >= 0.3 is 35.1 Å². The summed E-state index contributed by atoms with van der Waals surface area (Å²) in [4.78, 5) is 23.3. The molecule has 1 unspecified atom stereocenters. The van der Waals surface area contributed by atoms with Crippen LogP contribution in [0, 0.1) is 63.7 Å². The monoisotopic (exact) mass is 465 g/mol. The van der Waals surface area contributed by atoms with Crippen molar-refractivity contribution in [2.24, 2.45) is 0 Å². The Morgan fingerprint density at radius 2 is 1.47 bits per heavy atom. The summed E-state index contributed by atoms with van der Waals surface area (Å²) in [5.41, 5.74) is -0.235. The third-order valence-corrected chi connectivity index (χ3v) is 3.44. The summed E-state index contributed by atoms with van der Waals surface area (Å²) in [6.45, 7) is 6.46. The molecule has 1 N–H and O–H groups in total. The van der Waals surface area contributed by atoms with E-state index >= 15 is 0 Å². The van der Waals surface area contributed by atoms with Crippen molar-refractivity contribution in [2.75, 3.05) is 0 Å². The molecule has 0 spiro atoms. The van der Waals surface area contributed by atoms with Crippen LogP contribution < -0.4 is 5.32 Å². The zero-order valence-electron chi connectivity index (χ0n) is 17.3. The first-order chi connectivity index (χ1) is 13.4. The zero-order chi connectivity index (χ0) is 22.1. The Hall–Kier alpha value is -1.01. The van der Waals surface area contributed by atoms with Crippen LogP contribution in [0.25, 0.3) is 0 Å². The Morgan fingerprint density at radius 1 is 1.00 bits per heavy atom. The minimum atomic E-state index is -5.07. The van der Waals surface area contributed by atoms with Gasteiger partial charge in [-0.25, -0.2) is 4.79 Å². The molecule has 1 amide bonds. The fraction of sp³-hybridized carbons (Fsp3) is 0.364. The van der Waals surface area contributed by atoms with Crippen LogP contribution in [-0.4, -0.2) is 29.7 Å². The normalized spacial score (nSPS) is 18.7. The largest absolute Gasteiger partial charge is 2.00 e. The van der Waals surface area contributed by atoms with Gasteiger partial charge in [-0.15, -0.1) is 0 Å². The van der Waals surface area contributed by atoms with Gasteiger partial charge in [0.2, 0.25) is 0 Å². The first-order valence-electron chi connectivity index (χ1n) is 9.04. The van der Waals surface area contributed by atoms with Crippen LogP contribution in [0.15, 0.2) is 11.6 Å². The van der Waals surface area contributed by atoms with Crippen molar-refractivity contribution in [3.63, 3.8) is 0 Å². The molecule has 30 heavy (non-hydrogen) atoms.